The number of aliphatic hydroxyl groups is 1. The molecule has 0 bridgehead atoms. The molecule has 1 rings (SSSR count). The van der Waals surface area contributed by atoms with Crippen LogP contribution in [0, 0.1) is 0 Å². The summed E-state index contributed by atoms with van der Waals surface area (Å²) in [4.78, 5) is 11.5. The number of hydrogen-bond acceptors (Lipinski definition) is 3. The van der Waals surface area contributed by atoms with E-state index in [0.29, 0.717) is 12.3 Å². The molecule has 5 nitrogen and oxygen atoms in total. The van der Waals surface area contributed by atoms with Crippen molar-refractivity contribution in [1.29, 1.82) is 0 Å². The number of benzene rings is 1. The van der Waals surface area contributed by atoms with Crippen LogP contribution in [0.5, 0.6) is 5.75 Å². The summed E-state index contributed by atoms with van der Waals surface area (Å²) in [6, 6.07) is 4.93. The van der Waals surface area contributed by atoms with Gasteiger partial charge in [-0.05, 0) is 48.0 Å². The summed E-state index contributed by atoms with van der Waals surface area (Å²) in [6.07, 6.45) is -0.567. The number of anilines is 1. The van der Waals surface area contributed by atoms with E-state index in [9.17, 15) is 4.79 Å². The molecule has 1 atom stereocenters. The molecule has 0 saturated carbocycles. The molecule has 0 spiro atoms. The summed E-state index contributed by atoms with van der Waals surface area (Å²) in [5, 5.41) is 14.2. The van der Waals surface area contributed by atoms with Gasteiger partial charge in [0.2, 0.25) is 0 Å². The largest absolute Gasteiger partial charge is 0.493 e. The fourth-order valence-electron chi connectivity index (χ4n) is 1.27. The van der Waals surface area contributed by atoms with E-state index in [1.54, 1.807) is 25.1 Å². The van der Waals surface area contributed by atoms with Gasteiger partial charge in [0.25, 0.3) is 0 Å². The molecule has 1 aromatic carbocycles. The van der Waals surface area contributed by atoms with E-state index in [0.717, 1.165) is 10.2 Å². The van der Waals surface area contributed by atoms with E-state index < -0.39 is 6.10 Å². The number of ether oxygens (including phenoxy) is 1. The quantitative estimate of drug-likeness (QED) is 0.781. The van der Waals surface area contributed by atoms with Gasteiger partial charge in [0.05, 0.1) is 17.2 Å². The maximum absolute atomic E-state index is 11.5. The fraction of sp³-hybridized carbons (Fsp3) is 0.417. The van der Waals surface area contributed by atoms with Gasteiger partial charge in [-0.15, -0.1) is 0 Å². The number of carbonyl (C=O) groups excluding carboxylic acids is 1. The van der Waals surface area contributed by atoms with Crippen molar-refractivity contribution in [2.45, 2.75) is 20.0 Å². The molecule has 0 aliphatic heterocycles. The van der Waals surface area contributed by atoms with Crippen LogP contribution in [0.15, 0.2) is 22.7 Å². The van der Waals surface area contributed by atoms with Crippen LogP contribution in [-0.2, 0) is 0 Å². The van der Waals surface area contributed by atoms with Crippen LogP contribution in [0.25, 0.3) is 0 Å². The Balaban J connectivity index is 2.57. The normalized spacial score (nSPS) is 11.8. The summed E-state index contributed by atoms with van der Waals surface area (Å²) in [7, 11) is 0. The fourth-order valence-corrected chi connectivity index (χ4v) is 1.76. The molecule has 0 saturated heterocycles. The van der Waals surface area contributed by atoms with E-state index in [1.807, 2.05) is 6.92 Å². The van der Waals surface area contributed by atoms with Gasteiger partial charge in [-0.1, -0.05) is 0 Å². The van der Waals surface area contributed by atoms with E-state index in [2.05, 4.69) is 26.6 Å². The van der Waals surface area contributed by atoms with Gasteiger partial charge in [0.15, 0.2) is 0 Å². The van der Waals surface area contributed by atoms with Gasteiger partial charge in [0, 0.05) is 12.2 Å². The van der Waals surface area contributed by atoms with Gasteiger partial charge in [0.1, 0.15) is 5.75 Å². The van der Waals surface area contributed by atoms with Crippen molar-refractivity contribution in [2.75, 3.05) is 18.5 Å². The number of rotatable bonds is 5. The minimum absolute atomic E-state index is 0.212. The molecule has 0 fully saturated rings. The summed E-state index contributed by atoms with van der Waals surface area (Å²) >= 11 is 3.36. The van der Waals surface area contributed by atoms with Crippen LogP contribution >= 0.6 is 15.9 Å². The van der Waals surface area contributed by atoms with Gasteiger partial charge in [-0.2, -0.15) is 0 Å². The lowest BCUT2D eigenvalue weighted by Gasteiger charge is -2.11. The number of hydrogen-bond donors (Lipinski definition) is 3. The third-order valence-corrected chi connectivity index (χ3v) is 2.67. The van der Waals surface area contributed by atoms with Crippen molar-refractivity contribution >= 4 is 27.6 Å². The van der Waals surface area contributed by atoms with Crippen LogP contribution < -0.4 is 15.4 Å². The van der Waals surface area contributed by atoms with Gasteiger partial charge < -0.3 is 20.5 Å². The molecular formula is C12H17BrN2O3. The molecule has 1 unspecified atom stereocenters. The van der Waals surface area contributed by atoms with Crippen molar-refractivity contribution in [2.24, 2.45) is 0 Å². The number of nitrogens with one attached hydrogen (secondary N) is 2. The number of urea groups is 1. The Hall–Kier alpha value is -1.27. The topological polar surface area (TPSA) is 70.6 Å². The minimum atomic E-state index is -0.567. The lowest BCUT2D eigenvalue weighted by molar-refractivity contribution is 0.190. The predicted octanol–water partition coefficient (Wildman–Crippen LogP) is 2.35. The average molecular weight is 317 g/mol. The second-order valence-corrected chi connectivity index (χ2v) is 4.62. The Morgan fingerprint density at radius 1 is 1.56 bits per heavy atom. The first-order valence-corrected chi connectivity index (χ1v) is 6.47. The summed E-state index contributed by atoms with van der Waals surface area (Å²) in [5.41, 5.74) is 0.647. The second-order valence-electron chi connectivity index (χ2n) is 3.76. The zero-order valence-electron chi connectivity index (χ0n) is 10.4. The van der Waals surface area contributed by atoms with E-state index in [-0.39, 0.29) is 12.6 Å². The van der Waals surface area contributed by atoms with Crippen LogP contribution in [0.4, 0.5) is 10.5 Å². The molecule has 1 aromatic rings. The molecule has 0 radical (unpaired) electrons. The number of carbonyl (C=O) groups is 1. The molecule has 0 aliphatic carbocycles. The highest BCUT2D eigenvalue weighted by Crippen LogP contribution is 2.27. The molecule has 0 heterocycles. The highest BCUT2D eigenvalue weighted by Gasteiger charge is 2.06. The molecule has 0 aliphatic rings. The first-order valence-electron chi connectivity index (χ1n) is 5.68. The van der Waals surface area contributed by atoms with Crippen molar-refractivity contribution in [3.63, 3.8) is 0 Å². The molecule has 100 valence electrons. The van der Waals surface area contributed by atoms with Crippen molar-refractivity contribution in [3.8, 4) is 5.75 Å². The van der Waals surface area contributed by atoms with Gasteiger partial charge in [-0.3, -0.25) is 0 Å². The zero-order valence-corrected chi connectivity index (χ0v) is 12.0. The Morgan fingerprint density at radius 3 is 2.83 bits per heavy atom. The second kappa shape index (κ2) is 7.23. The predicted molar refractivity (Wildman–Crippen MR) is 74.0 cm³/mol. The SMILES string of the molecule is CCOc1ccc(NC(=O)NCC(C)O)cc1Br. The summed E-state index contributed by atoms with van der Waals surface area (Å²) in [5.74, 6) is 0.729. The minimum Gasteiger partial charge on any atom is -0.493 e. The molecule has 6 heteroatoms. The molecule has 3 N–H and O–H groups in total. The number of aliphatic hydroxyl groups excluding tert-OH is 1. The Bertz CT molecular complexity index is 410. The van der Waals surface area contributed by atoms with E-state index in [4.69, 9.17) is 9.84 Å². The molecule has 0 aromatic heterocycles. The molecule has 18 heavy (non-hydrogen) atoms. The highest BCUT2D eigenvalue weighted by molar-refractivity contribution is 9.10. The summed E-state index contributed by atoms with van der Waals surface area (Å²) in [6.45, 7) is 4.31. The third kappa shape index (κ3) is 4.93. The first kappa shape index (κ1) is 14.8. The maximum atomic E-state index is 11.5. The first-order chi connectivity index (χ1) is 8.52. The van der Waals surface area contributed by atoms with Crippen LogP contribution in [-0.4, -0.2) is 30.4 Å². The zero-order chi connectivity index (χ0) is 13.5. The maximum Gasteiger partial charge on any atom is 0.319 e. The van der Waals surface area contributed by atoms with Crippen molar-refractivity contribution in [3.05, 3.63) is 22.7 Å². The number of halogens is 1. The Kier molecular flexibility index (Phi) is 5.94. The van der Waals surface area contributed by atoms with E-state index >= 15 is 0 Å². The molecule has 2 amide bonds. The lowest BCUT2D eigenvalue weighted by Crippen LogP contribution is -2.34. The van der Waals surface area contributed by atoms with Crippen LogP contribution in [0.3, 0.4) is 0 Å². The number of amides is 2. The van der Waals surface area contributed by atoms with E-state index in [1.165, 1.54) is 0 Å². The monoisotopic (exact) mass is 316 g/mol. The Labute approximate surface area is 115 Å². The smallest absolute Gasteiger partial charge is 0.319 e. The van der Waals surface area contributed by atoms with Crippen LogP contribution in [0.1, 0.15) is 13.8 Å². The summed E-state index contributed by atoms with van der Waals surface area (Å²) < 4.78 is 6.14. The van der Waals surface area contributed by atoms with Crippen molar-refractivity contribution in [1.82, 2.24) is 5.32 Å². The van der Waals surface area contributed by atoms with Crippen LogP contribution in [0.2, 0.25) is 0 Å². The third-order valence-electron chi connectivity index (χ3n) is 2.05. The standard InChI is InChI=1S/C12H17BrN2O3/c1-3-18-11-5-4-9(6-10(11)13)15-12(17)14-7-8(2)16/h4-6,8,16H,3,7H2,1-2H3,(H2,14,15,17). The highest BCUT2D eigenvalue weighted by atomic mass is 79.9. The van der Waals surface area contributed by atoms with Crippen molar-refractivity contribution < 1.29 is 14.6 Å². The average Bonchev–Trinajstić information content (AvgIpc) is 2.30. The Morgan fingerprint density at radius 2 is 2.28 bits per heavy atom. The van der Waals surface area contributed by atoms with Gasteiger partial charge in [-0.25, -0.2) is 4.79 Å². The lowest BCUT2D eigenvalue weighted by atomic mass is 10.3. The van der Waals surface area contributed by atoms with Gasteiger partial charge >= 0.3 is 6.03 Å². The molecular weight excluding hydrogens is 300 g/mol.